The van der Waals surface area contributed by atoms with Crippen LogP contribution >= 0.6 is 0 Å². The van der Waals surface area contributed by atoms with Crippen molar-refractivity contribution in [3.63, 3.8) is 0 Å². The second-order valence-corrected chi connectivity index (χ2v) is 7.19. The molecule has 0 amide bonds. The first kappa shape index (κ1) is 15.0. The Hall–Kier alpha value is -1.07. The SMILES string of the molecule is CCS(=O)(=O)c1ccccc1N(C)C(C)(C)CN. The second kappa shape index (κ2) is 5.28. The van der Waals surface area contributed by atoms with Crippen molar-refractivity contribution in [1.82, 2.24) is 0 Å². The van der Waals surface area contributed by atoms with Gasteiger partial charge in [0, 0.05) is 19.1 Å². The third kappa shape index (κ3) is 2.84. The van der Waals surface area contributed by atoms with Crippen molar-refractivity contribution in [2.45, 2.75) is 31.2 Å². The van der Waals surface area contributed by atoms with E-state index in [0.717, 1.165) is 0 Å². The molecule has 0 atom stereocenters. The topological polar surface area (TPSA) is 63.4 Å². The highest BCUT2D eigenvalue weighted by molar-refractivity contribution is 7.91. The van der Waals surface area contributed by atoms with Crippen LogP contribution in [0.5, 0.6) is 0 Å². The first-order valence-electron chi connectivity index (χ1n) is 6.02. The van der Waals surface area contributed by atoms with Gasteiger partial charge in [-0.1, -0.05) is 19.1 Å². The van der Waals surface area contributed by atoms with E-state index in [1.165, 1.54) is 0 Å². The lowest BCUT2D eigenvalue weighted by Crippen LogP contribution is -2.47. The maximum atomic E-state index is 12.1. The van der Waals surface area contributed by atoms with Crippen molar-refractivity contribution in [3.05, 3.63) is 24.3 Å². The summed E-state index contributed by atoms with van der Waals surface area (Å²) < 4.78 is 24.2. The Bertz CT molecular complexity index is 509. The molecule has 102 valence electrons. The van der Waals surface area contributed by atoms with E-state index in [2.05, 4.69) is 0 Å². The molecule has 0 radical (unpaired) electrons. The molecule has 4 nitrogen and oxygen atoms in total. The van der Waals surface area contributed by atoms with Crippen LogP contribution in [-0.4, -0.2) is 33.3 Å². The number of hydrogen-bond acceptors (Lipinski definition) is 4. The van der Waals surface area contributed by atoms with Gasteiger partial charge in [0.15, 0.2) is 9.84 Å². The van der Waals surface area contributed by atoms with Gasteiger partial charge in [0.05, 0.1) is 16.3 Å². The van der Waals surface area contributed by atoms with Crippen LogP contribution in [0.3, 0.4) is 0 Å². The average molecular weight is 270 g/mol. The molecule has 0 aliphatic heterocycles. The van der Waals surface area contributed by atoms with E-state index in [9.17, 15) is 8.42 Å². The normalized spacial score (nSPS) is 12.5. The zero-order chi connectivity index (χ0) is 14.0. The highest BCUT2D eigenvalue weighted by Crippen LogP contribution is 2.29. The fourth-order valence-corrected chi connectivity index (χ4v) is 2.74. The Morgan fingerprint density at radius 1 is 1.28 bits per heavy atom. The van der Waals surface area contributed by atoms with Gasteiger partial charge in [0.25, 0.3) is 0 Å². The van der Waals surface area contributed by atoms with Crippen molar-refractivity contribution < 1.29 is 8.42 Å². The molecule has 1 aromatic rings. The first-order valence-corrected chi connectivity index (χ1v) is 7.67. The number of nitrogens with two attached hydrogens (primary N) is 1. The quantitative estimate of drug-likeness (QED) is 0.883. The van der Waals surface area contributed by atoms with E-state index in [1.54, 1.807) is 19.1 Å². The number of sulfone groups is 1. The Morgan fingerprint density at radius 2 is 1.83 bits per heavy atom. The number of nitrogens with zero attached hydrogens (tertiary/aromatic N) is 1. The van der Waals surface area contributed by atoms with Crippen LogP contribution in [-0.2, 0) is 9.84 Å². The maximum absolute atomic E-state index is 12.1. The number of anilines is 1. The highest BCUT2D eigenvalue weighted by Gasteiger charge is 2.26. The van der Waals surface area contributed by atoms with E-state index in [1.807, 2.05) is 37.9 Å². The van der Waals surface area contributed by atoms with Gasteiger partial charge in [-0.25, -0.2) is 8.42 Å². The molecule has 0 bridgehead atoms. The van der Waals surface area contributed by atoms with Gasteiger partial charge in [-0.15, -0.1) is 0 Å². The van der Waals surface area contributed by atoms with Gasteiger partial charge in [0.1, 0.15) is 0 Å². The molecule has 0 heterocycles. The summed E-state index contributed by atoms with van der Waals surface area (Å²) in [5.74, 6) is 0.0981. The Kier molecular flexibility index (Phi) is 4.40. The molecule has 1 rings (SSSR count). The van der Waals surface area contributed by atoms with E-state index in [0.29, 0.717) is 17.1 Å². The molecule has 0 spiro atoms. The lowest BCUT2D eigenvalue weighted by Gasteiger charge is -2.37. The summed E-state index contributed by atoms with van der Waals surface area (Å²) in [4.78, 5) is 2.30. The molecule has 0 fully saturated rings. The molecular formula is C13H22N2O2S. The number of para-hydroxylation sites is 1. The van der Waals surface area contributed by atoms with Crippen LogP contribution in [0.4, 0.5) is 5.69 Å². The van der Waals surface area contributed by atoms with Crippen molar-refractivity contribution in [1.29, 1.82) is 0 Å². The minimum atomic E-state index is -3.22. The molecule has 0 aliphatic rings. The molecule has 1 aromatic carbocycles. The van der Waals surface area contributed by atoms with Crippen LogP contribution in [0.1, 0.15) is 20.8 Å². The fraction of sp³-hybridized carbons (Fsp3) is 0.538. The van der Waals surface area contributed by atoms with Gasteiger partial charge >= 0.3 is 0 Å². The molecule has 2 N–H and O–H groups in total. The second-order valence-electron chi connectivity index (χ2n) is 4.95. The average Bonchev–Trinajstić information content (AvgIpc) is 2.37. The van der Waals surface area contributed by atoms with E-state index >= 15 is 0 Å². The third-order valence-electron chi connectivity index (χ3n) is 3.35. The summed E-state index contributed by atoms with van der Waals surface area (Å²) in [5.41, 5.74) is 6.16. The van der Waals surface area contributed by atoms with Crippen LogP contribution < -0.4 is 10.6 Å². The molecule has 0 aromatic heterocycles. The molecule has 0 aliphatic carbocycles. The smallest absolute Gasteiger partial charge is 0.180 e. The third-order valence-corrected chi connectivity index (χ3v) is 5.12. The lowest BCUT2D eigenvalue weighted by molar-refractivity contribution is 0.495. The Labute approximate surface area is 110 Å². The minimum Gasteiger partial charge on any atom is -0.367 e. The zero-order valence-electron chi connectivity index (χ0n) is 11.5. The monoisotopic (exact) mass is 270 g/mol. The molecular weight excluding hydrogens is 248 g/mol. The van der Waals surface area contributed by atoms with Gasteiger partial charge in [-0.2, -0.15) is 0 Å². The van der Waals surface area contributed by atoms with Crippen molar-refractivity contribution in [3.8, 4) is 0 Å². The molecule has 0 saturated carbocycles. The summed E-state index contributed by atoms with van der Waals surface area (Å²) >= 11 is 0. The van der Waals surface area contributed by atoms with Crippen molar-refractivity contribution >= 4 is 15.5 Å². The summed E-state index contributed by atoms with van der Waals surface area (Å²) in [6.07, 6.45) is 0. The number of benzene rings is 1. The number of likely N-dealkylation sites (N-methyl/N-ethyl adjacent to an activating group) is 1. The summed E-state index contributed by atoms with van der Waals surface area (Å²) in [5, 5.41) is 0. The standard InChI is InChI=1S/C13H22N2O2S/c1-5-18(16,17)12-9-7-6-8-11(12)15(4)13(2,3)10-14/h6-9H,5,10,14H2,1-4H3. The van der Waals surface area contributed by atoms with Crippen LogP contribution in [0.2, 0.25) is 0 Å². The number of rotatable bonds is 5. The van der Waals surface area contributed by atoms with Crippen molar-refractivity contribution in [2.75, 3.05) is 24.2 Å². The molecule has 0 unspecified atom stereocenters. The highest BCUT2D eigenvalue weighted by atomic mass is 32.2. The van der Waals surface area contributed by atoms with E-state index < -0.39 is 9.84 Å². The Morgan fingerprint density at radius 3 is 2.33 bits per heavy atom. The summed E-state index contributed by atoms with van der Waals surface area (Å²) in [6.45, 7) is 6.08. The number of hydrogen-bond donors (Lipinski definition) is 1. The Balaban J connectivity index is 3.35. The zero-order valence-corrected chi connectivity index (χ0v) is 12.3. The van der Waals surface area contributed by atoms with Gasteiger partial charge in [-0.05, 0) is 26.0 Å². The predicted molar refractivity (Wildman–Crippen MR) is 75.7 cm³/mol. The van der Waals surface area contributed by atoms with E-state index in [4.69, 9.17) is 5.73 Å². The van der Waals surface area contributed by atoms with Crippen LogP contribution in [0, 0.1) is 0 Å². The predicted octanol–water partition coefficient (Wildman–Crippen LogP) is 1.65. The molecule has 0 saturated heterocycles. The molecule has 18 heavy (non-hydrogen) atoms. The maximum Gasteiger partial charge on any atom is 0.180 e. The molecule has 5 heteroatoms. The summed E-state index contributed by atoms with van der Waals surface area (Å²) in [7, 11) is -1.35. The van der Waals surface area contributed by atoms with Crippen LogP contribution in [0.25, 0.3) is 0 Å². The van der Waals surface area contributed by atoms with E-state index in [-0.39, 0.29) is 11.3 Å². The fourth-order valence-electron chi connectivity index (χ4n) is 1.62. The lowest BCUT2D eigenvalue weighted by atomic mass is 10.0. The van der Waals surface area contributed by atoms with Gasteiger partial charge < -0.3 is 10.6 Å². The largest absolute Gasteiger partial charge is 0.367 e. The minimum absolute atomic E-state index is 0.0981. The van der Waals surface area contributed by atoms with Gasteiger partial charge in [0.2, 0.25) is 0 Å². The first-order chi connectivity index (χ1) is 8.26. The summed E-state index contributed by atoms with van der Waals surface area (Å²) in [6, 6.07) is 7.06. The van der Waals surface area contributed by atoms with Crippen LogP contribution in [0.15, 0.2) is 29.2 Å². The van der Waals surface area contributed by atoms with Crippen molar-refractivity contribution in [2.24, 2.45) is 5.73 Å². The van der Waals surface area contributed by atoms with Gasteiger partial charge in [-0.3, -0.25) is 0 Å².